The number of ether oxygens (including phenoxy) is 2. The standard InChI is InChI=1S/C31H36FN3O4/c32-25-6-4-5-23(17-25)20-35(26-7-2-1-3-8-26)21-27-10-12-29(39-27)31(36)34-15-13-33(14-16-34)19-24-9-11-28-30(18-24)38-22-37-28/h4-6,9-12,17-18,26H,1-3,7-8,13-16,19-22H2. The number of nitrogens with zero attached hydrogens (tertiary/aromatic N) is 3. The Morgan fingerprint density at radius 3 is 2.51 bits per heavy atom. The van der Waals surface area contributed by atoms with Crippen LogP contribution < -0.4 is 9.47 Å². The Labute approximate surface area is 229 Å². The molecule has 0 radical (unpaired) electrons. The minimum absolute atomic E-state index is 0.0571. The van der Waals surface area contributed by atoms with Gasteiger partial charge in [-0.15, -0.1) is 0 Å². The van der Waals surface area contributed by atoms with Gasteiger partial charge >= 0.3 is 0 Å². The van der Waals surface area contributed by atoms with E-state index in [1.807, 2.05) is 29.2 Å². The van der Waals surface area contributed by atoms with Crippen LogP contribution in [-0.2, 0) is 19.6 Å². The maximum atomic E-state index is 13.8. The number of amides is 1. The van der Waals surface area contributed by atoms with Gasteiger partial charge in [0.1, 0.15) is 11.6 Å². The highest BCUT2D eigenvalue weighted by Crippen LogP contribution is 2.33. The third-order valence-electron chi connectivity index (χ3n) is 8.10. The Bertz CT molecular complexity index is 1280. The van der Waals surface area contributed by atoms with Gasteiger partial charge in [0.2, 0.25) is 6.79 Å². The summed E-state index contributed by atoms with van der Waals surface area (Å²) in [6.07, 6.45) is 5.98. The van der Waals surface area contributed by atoms with Gasteiger partial charge in [-0.1, -0.05) is 37.5 Å². The first kappa shape index (κ1) is 25.9. The Balaban J connectivity index is 1.05. The van der Waals surface area contributed by atoms with Gasteiger partial charge in [-0.2, -0.15) is 0 Å². The molecule has 1 aromatic heterocycles. The lowest BCUT2D eigenvalue weighted by Crippen LogP contribution is -2.48. The summed E-state index contributed by atoms with van der Waals surface area (Å²) in [7, 11) is 0. The maximum Gasteiger partial charge on any atom is 0.289 e. The lowest BCUT2D eigenvalue weighted by molar-refractivity contribution is 0.0591. The molecule has 1 aliphatic carbocycles. The molecule has 206 valence electrons. The van der Waals surface area contributed by atoms with Gasteiger partial charge in [0.25, 0.3) is 5.91 Å². The average Bonchev–Trinajstić information content (AvgIpc) is 3.63. The predicted molar refractivity (Wildman–Crippen MR) is 145 cm³/mol. The van der Waals surface area contributed by atoms with Crippen molar-refractivity contribution in [1.82, 2.24) is 14.7 Å². The van der Waals surface area contributed by atoms with E-state index in [1.165, 1.54) is 30.9 Å². The fourth-order valence-electron chi connectivity index (χ4n) is 5.97. The molecule has 0 atom stereocenters. The molecule has 3 heterocycles. The van der Waals surface area contributed by atoms with Gasteiger partial charge in [0.05, 0.1) is 6.54 Å². The first-order chi connectivity index (χ1) is 19.1. The highest BCUT2D eigenvalue weighted by molar-refractivity contribution is 5.91. The Morgan fingerprint density at radius 2 is 1.69 bits per heavy atom. The van der Waals surface area contributed by atoms with Crippen LogP contribution in [0.2, 0.25) is 0 Å². The van der Waals surface area contributed by atoms with Crippen LogP contribution in [0.15, 0.2) is 59.0 Å². The molecule has 1 amide bonds. The largest absolute Gasteiger partial charge is 0.455 e. The molecule has 2 aromatic carbocycles. The van der Waals surface area contributed by atoms with Crippen LogP contribution in [0.1, 0.15) is 59.5 Å². The molecule has 0 N–H and O–H groups in total. The van der Waals surface area contributed by atoms with Crippen molar-refractivity contribution in [2.24, 2.45) is 0 Å². The molecule has 2 fully saturated rings. The molecule has 39 heavy (non-hydrogen) atoms. The van der Waals surface area contributed by atoms with E-state index in [1.54, 1.807) is 18.2 Å². The Hall–Kier alpha value is -3.36. The summed E-state index contributed by atoms with van der Waals surface area (Å²) in [6.45, 7) is 5.29. The molecule has 1 saturated heterocycles. The number of rotatable bonds is 8. The number of hydrogen-bond acceptors (Lipinski definition) is 6. The highest BCUT2D eigenvalue weighted by Gasteiger charge is 2.27. The summed E-state index contributed by atoms with van der Waals surface area (Å²) >= 11 is 0. The zero-order valence-corrected chi connectivity index (χ0v) is 22.3. The van der Waals surface area contributed by atoms with Gasteiger partial charge in [-0.3, -0.25) is 14.6 Å². The summed E-state index contributed by atoms with van der Waals surface area (Å²) in [5.41, 5.74) is 2.14. The smallest absolute Gasteiger partial charge is 0.289 e. The molecule has 0 bridgehead atoms. The van der Waals surface area contributed by atoms with E-state index >= 15 is 0 Å². The third kappa shape index (κ3) is 6.28. The van der Waals surface area contributed by atoms with E-state index in [2.05, 4.69) is 15.9 Å². The Morgan fingerprint density at radius 1 is 0.872 bits per heavy atom. The molecule has 8 heteroatoms. The lowest BCUT2D eigenvalue weighted by atomic mass is 9.93. The topological polar surface area (TPSA) is 58.4 Å². The number of carbonyl (C=O) groups excluding carboxylic acids is 1. The van der Waals surface area contributed by atoms with E-state index in [0.717, 1.165) is 55.3 Å². The molecule has 1 saturated carbocycles. The van der Waals surface area contributed by atoms with Crippen molar-refractivity contribution in [1.29, 1.82) is 0 Å². The van der Waals surface area contributed by atoms with Gasteiger partial charge in [0, 0.05) is 45.3 Å². The molecule has 7 nitrogen and oxygen atoms in total. The van der Waals surface area contributed by atoms with Crippen molar-refractivity contribution >= 4 is 5.91 Å². The quantitative estimate of drug-likeness (QED) is 0.384. The van der Waals surface area contributed by atoms with E-state index in [0.29, 0.717) is 38.0 Å². The zero-order chi connectivity index (χ0) is 26.6. The summed E-state index contributed by atoms with van der Waals surface area (Å²) in [4.78, 5) is 19.9. The van der Waals surface area contributed by atoms with Crippen LogP contribution in [-0.4, -0.2) is 59.6 Å². The molecule has 0 spiro atoms. The summed E-state index contributed by atoms with van der Waals surface area (Å²) in [5, 5.41) is 0. The minimum Gasteiger partial charge on any atom is -0.455 e. The van der Waals surface area contributed by atoms with Gasteiger partial charge in [0.15, 0.2) is 17.3 Å². The van der Waals surface area contributed by atoms with Crippen LogP contribution >= 0.6 is 0 Å². The molecule has 3 aromatic rings. The third-order valence-corrected chi connectivity index (χ3v) is 8.10. The van der Waals surface area contributed by atoms with Crippen molar-refractivity contribution in [2.45, 2.75) is 57.8 Å². The average molecular weight is 534 g/mol. The summed E-state index contributed by atoms with van der Waals surface area (Å²) in [5.74, 6) is 2.50. The van der Waals surface area contributed by atoms with E-state index < -0.39 is 0 Å². The van der Waals surface area contributed by atoms with E-state index in [4.69, 9.17) is 13.9 Å². The molecule has 0 unspecified atom stereocenters. The number of fused-ring (bicyclic) bond motifs is 1. The number of carbonyl (C=O) groups is 1. The summed E-state index contributed by atoms with van der Waals surface area (Å²) in [6, 6.07) is 17.1. The van der Waals surface area contributed by atoms with Crippen LogP contribution in [0.3, 0.4) is 0 Å². The molecule has 6 rings (SSSR count). The predicted octanol–water partition coefficient (Wildman–Crippen LogP) is 5.44. The van der Waals surface area contributed by atoms with E-state index in [9.17, 15) is 9.18 Å². The summed E-state index contributed by atoms with van der Waals surface area (Å²) < 4.78 is 30.8. The molecule has 2 aliphatic heterocycles. The fraction of sp³-hybridized carbons (Fsp3) is 0.452. The van der Waals surface area contributed by atoms with Gasteiger partial charge in [-0.25, -0.2) is 4.39 Å². The fourth-order valence-corrected chi connectivity index (χ4v) is 5.97. The van der Waals surface area contributed by atoms with Crippen LogP contribution in [0.5, 0.6) is 11.5 Å². The molecular weight excluding hydrogens is 497 g/mol. The number of halogens is 1. The zero-order valence-electron chi connectivity index (χ0n) is 22.3. The Kier molecular flexibility index (Phi) is 7.83. The SMILES string of the molecule is O=C(c1ccc(CN(Cc2cccc(F)c2)C2CCCCC2)o1)N1CCN(Cc2ccc3c(c2)OCO3)CC1. The van der Waals surface area contributed by atoms with Crippen molar-refractivity contribution in [2.75, 3.05) is 33.0 Å². The van der Waals surface area contributed by atoms with Crippen molar-refractivity contribution in [3.05, 3.63) is 83.1 Å². The minimum atomic E-state index is -0.210. The number of hydrogen-bond donors (Lipinski definition) is 0. The van der Waals surface area contributed by atoms with Crippen LogP contribution in [0, 0.1) is 5.82 Å². The number of piperazine rings is 1. The number of furan rings is 1. The second-order valence-electron chi connectivity index (χ2n) is 10.8. The second kappa shape index (κ2) is 11.8. The van der Waals surface area contributed by atoms with Crippen molar-refractivity contribution < 1.29 is 23.1 Å². The highest BCUT2D eigenvalue weighted by atomic mass is 19.1. The molecular formula is C31H36FN3O4. The van der Waals surface area contributed by atoms with Gasteiger partial charge in [-0.05, 0) is 60.4 Å². The first-order valence-corrected chi connectivity index (χ1v) is 14.1. The lowest BCUT2D eigenvalue weighted by Gasteiger charge is -2.34. The number of benzene rings is 2. The normalized spacial score (nSPS) is 18.2. The monoisotopic (exact) mass is 533 g/mol. The van der Waals surface area contributed by atoms with Crippen LogP contribution in [0.25, 0.3) is 0 Å². The second-order valence-corrected chi connectivity index (χ2v) is 10.8. The van der Waals surface area contributed by atoms with Crippen molar-refractivity contribution in [3.8, 4) is 11.5 Å². The van der Waals surface area contributed by atoms with Crippen molar-refractivity contribution in [3.63, 3.8) is 0 Å². The maximum absolute atomic E-state index is 13.8. The van der Waals surface area contributed by atoms with Gasteiger partial charge < -0.3 is 18.8 Å². The van der Waals surface area contributed by atoms with E-state index in [-0.39, 0.29) is 18.5 Å². The van der Waals surface area contributed by atoms with Crippen LogP contribution in [0.4, 0.5) is 4.39 Å². The molecule has 3 aliphatic rings. The first-order valence-electron chi connectivity index (χ1n) is 14.1.